The SMILES string of the molecule is CNS(=O)(=O)CCCON. The minimum atomic E-state index is -3.08. The van der Waals surface area contributed by atoms with Crippen LogP contribution in [0.5, 0.6) is 0 Å². The summed E-state index contributed by atoms with van der Waals surface area (Å²) in [6.45, 7) is 0.265. The first kappa shape index (κ1) is 9.83. The molecule has 62 valence electrons. The topological polar surface area (TPSA) is 81.4 Å². The second-order valence-electron chi connectivity index (χ2n) is 1.75. The van der Waals surface area contributed by atoms with Crippen LogP contribution in [-0.4, -0.2) is 27.8 Å². The van der Waals surface area contributed by atoms with Crippen molar-refractivity contribution in [3.63, 3.8) is 0 Å². The Labute approximate surface area is 60.6 Å². The molecule has 0 aliphatic heterocycles. The van der Waals surface area contributed by atoms with Crippen molar-refractivity contribution in [1.82, 2.24) is 4.72 Å². The number of hydrogen-bond donors (Lipinski definition) is 2. The van der Waals surface area contributed by atoms with Gasteiger partial charge in [0.2, 0.25) is 10.0 Å². The van der Waals surface area contributed by atoms with Gasteiger partial charge in [-0.15, -0.1) is 0 Å². The molecule has 5 nitrogen and oxygen atoms in total. The number of rotatable bonds is 5. The molecule has 0 heterocycles. The Morgan fingerprint density at radius 2 is 2.20 bits per heavy atom. The predicted molar refractivity (Wildman–Crippen MR) is 37.6 cm³/mol. The van der Waals surface area contributed by atoms with Crippen LogP contribution in [0.3, 0.4) is 0 Å². The fourth-order valence-electron chi connectivity index (χ4n) is 0.434. The zero-order valence-corrected chi connectivity index (χ0v) is 6.65. The largest absolute Gasteiger partial charge is 0.305 e. The van der Waals surface area contributed by atoms with Gasteiger partial charge in [-0.2, -0.15) is 0 Å². The molecule has 0 aliphatic carbocycles. The Bertz CT molecular complexity index is 165. The summed E-state index contributed by atoms with van der Waals surface area (Å²) in [4.78, 5) is 4.19. The van der Waals surface area contributed by atoms with E-state index in [1.807, 2.05) is 0 Å². The van der Waals surface area contributed by atoms with Crippen LogP contribution in [0.1, 0.15) is 6.42 Å². The Kier molecular flexibility index (Phi) is 4.54. The van der Waals surface area contributed by atoms with E-state index < -0.39 is 10.0 Å². The predicted octanol–water partition coefficient (Wildman–Crippen LogP) is -1.18. The Balaban J connectivity index is 3.49. The molecule has 10 heavy (non-hydrogen) atoms. The first-order chi connectivity index (χ1) is 4.62. The summed E-state index contributed by atoms with van der Waals surface area (Å²) in [7, 11) is -1.70. The van der Waals surface area contributed by atoms with Crippen LogP contribution < -0.4 is 10.6 Å². The Morgan fingerprint density at radius 3 is 2.60 bits per heavy atom. The van der Waals surface area contributed by atoms with Crippen LogP contribution in [0.2, 0.25) is 0 Å². The van der Waals surface area contributed by atoms with Gasteiger partial charge >= 0.3 is 0 Å². The molecule has 0 saturated heterocycles. The van der Waals surface area contributed by atoms with E-state index in [0.717, 1.165) is 0 Å². The number of nitrogens with two attached hydrogens (primary N) is 1. The van der Waals surface area contributed by atoms with Crippen molar-refractivity contribution >= 4 is 10.0 Å². The zero-order chi connectivity index (χ0) is 8.04. The Hall–Kier alpha value is -0.170. The molecule has 0 aromatic rings. The monoisotopic (exact) mass is 168 g/mol. The van der Waals surface area contributed by atoms with Gasteiger partial charge < -0.3 is 4.84 Å². The summed E-state index contributed by atoms with van der Waals surface area (Å²) in [5.41, 5.74) is 0. The summed E-state index contributed by atoms with van der Waals surface area (Å²) in [5.74, 6) is 4.74. The molecular formula is C4H12N2O3S. The summed E-state index contributed by atoms with van der Waals surface area (Å²) in [6, 6.07) is 0. The molecule has 0 amide bonds. The van der Waals surface area contributed by atoms with Gasteiger partial charge in [-0.25, -0.2) is 19.0 Å². The lowest BCUT2D eigenvalue weighted by Crippen LogP contribution is -2.23. The molecule has 0 spiro atoms. The van der Waals surface area contributed by atoms with Gasteiger partial charge in [0.15, 0.2) is 0 Å². The molecule has 0 unspecified atom stereocenters. The van der Waals surface area contributed by atoms with Crippen molar-refractivity contribution in [2.24, 2.45) is 5.90 Å². The van der Waals surface area contributed by atoms with E-state index in [1.54, 1.807) is 0 Å². The van der Waals surface area contributed by atoms with E-state index in [4.69, 9.17) is 0 Å². The summed E-state index contributed by atoms with van der Waals surface area (Å²) in [5, 5.41) is 0. The first-order valence-corrected chi connectivity index (χ1v) is 4.50. The van der Waals surface area contributed by atoms with Crippen LogP contribution >= 0.6 is 0 Å². The minimum Gasteiger partial charge on any atom is -0.305 e. The molecule has 0 aromatic heterocycles. The Morgan fingerprint density at radius 1 is 1.60 bits per heavy atom. The third-order valence-corrected chi connectivity index (χ3v) is 2.43. The summed E-state index contributed by atoms with van der Waals surface area (Å²) >= 11 is 0. The van der Waals surface area contributed by atoms with Crippen LogP contribution in [-0.2, 0) is 14.9 Å². The molecule has 0 fully saturated rings. The summed E-state index contributed by atoms with van der Waals surface area (Å²) in [6.07, 6.45) is 0.416. The van der Waals surface area contributed by atoms with Gasteiger partial charge in [-0.1, -0.05) is 0 Å². The van der Waals surface area contributed by atoms with Crippen molar-refractivity contribution in [3.05, 3.63) is 0 Å². The van der Waals surface area contributed by atoms with Crippen LogP contribution in [0.15, 0.2) is 0 Å². The average Bonchev–Trinajstić information content (AvgIpc) is 1.89. The molecule has 0 aromatic carbocycles. The smallest absolute Gasteiger partial charge is 0.211 e. The highest BCUT2D eigenvalue weighted by atomic mass is 32.2. The maximum absolute atomic E-state index is 10.7. The van der Waals surface area contributed by atoms with Gasteiger partial charge in [0.25, 0.3) is 0 Å². The third-order valence-electron chi connectivity index (χ3n) is 0.986. The lowest BCUT2D eigenvalue weighted by Gasteiger charge is -1.99. The van der Waals surface area contributed by atoms with Crippen molar-refractivity contribution in [2.45, 2.75) is 6.42 Å². The van der Waals surface area contributed by atoms with Gasteiger partial charge in [-0.3, -0.25) is 0 Å². The third kappa shape index (κ3) is 4.68. The number of sulfonamides is 1. The second-order valence-corrected chi connectivity index (χ2v) is 3.79. The average molecular weight is 168 g/mol. The fourth-order valence-corrected chi connectivity index (χ4v) is 1.14. The van der Waals surface area contributed by atoms with Gasteiger partial charge in [0.1, 0.15) is 0 Å². The van der Waals surface area contributed by atoms with Gasteiger partial charge in [-0.05, 0) is 13.5 Å². The molecule has 0 atom stereocenters. The highest BCUT2D eigenvalue weighted by Gasteiger charge is 2.04. The van der Waals surface area contributed by atoms with Crippen LogP contribution in [0.4, 0.5) is 0 Å². The fraction of sp³-hybridized carbons (Fsp3) is 1.00. The molecule has 0 radical (unpaired) electrons. The number of nitrogens with one attached hydrogen (secondary N) is 1. The maximum Gasteiger partial charge on any atom is 0.211 e. The van der Waals surface area contributed by atoms with E-state index in [1.165, 1.54) is 7.05 Å². The van der Waals surface area contributed by atoms with Crippen LogP contribution in [0, 0.1) is 0 Å². The van der Waals surface area contributed by atoms with E-state index in [2.05, 4.69) is 15.5 Å². The van der Waals surface area contributed by atoms with Gasteiger partial charge in [0, 0.05) is 0 Å². The zero-order valence-electron chi connectivity index (χ0n) is 5.83. The molecule has 3 N–H and O–H groups in total. The highest BCUT2D eigenvalue weighted by molar-refractivity contribution is 7.89. The van der Waals surface area contributed by atoms with E-state index in [0.29, 0.717) is 6.42 Å². The molecular weight excluding hydrogens is 156 g/mol. The minimum absolute atomic E-state index is 0.0562. The maximum atomic E-state index is 10.7. The van der Waals surface area contributed by atoms with Crippen molar-refractivity contribution in [1.29, 1.82) is 0 Å². The normalized spacial score (nSPS) is 11.8. The van der Waals surface area contributed by atoms with Crippen molar-refractivity contribution in [2.75, 3.05) is 19.4 Å². The summed E-state index contributed by atoms with van der Waals surface area (Å²) < 4.78 is 23.5. The number of hydrogen-bond acceptors (Lipinski definition) is 4. The highest BCUT2D eigenvalue weighted by Crippen LogP contribution is 1.86. The molecule has 0 saturated carbocycles. The van der Waals surface area contributed by atoms with Crippen LogP contribution in [0.25, 0.3) is 0 Å². The molecule has 0 bridgehead atoms. The molecule has 6 heteroatoms. The van der Waals surface area contributed by atoms with E-state index in [-0.39, 0.29) is 12.4 Å². The molecule has 0 aliphatic rings. The lowest BCUT2D eigenvalue weighted by atomic mass is 10.5. The molecule has 0 rings (SSSR count). The quantitative estimate of drug-likeness (QED) is 0.400. The van der Waals surface area contributed by atoms with Crippen molar-refractivity contribution < 1.29 is 13.3 Å². The van der Waals surface area contributed by atoms with Crippen molar-refractivity contribution in [3.8, 4) is 0 Å². The van der Waals surface area contributed by atoms with Gasteiger partial charge in [0.05, 0.1) is 12.4 Å². The van der Waals surface area contributed by atoms with E-state index >= 15 is 0 Å². The first-order valence-electron chi connectivity index (χ1n) is 2.85. The van der Waals surface area contributed by atoms with E-state index in [9.17, 15) is 8.42 Å². The lowest BCUT2D eigenvalue weighted by molar-refractivity contribution is 0.139. The second kappa shape index (κ2) is 4.62. The standard InChI is InChI=1S/C4H12N2O3S/c1-6-10(7,8)4-2-3-9-5/h6H,2-5H2,1H3.